The molecule has 18 heavy (non-hydrogen) atoms. The van der Waals surface area contributed by atoms with E-state index in [1.165, 1.54) is 17.4 Å². The monoisotopic (exact) mass is 328 g/mol. The number of rotatable bonds is 2. The minimum absolute atomic E-state index is 0.0507. The molecule has 1 N–H and O–H groups in total. The van der Waals surface area contributed by atoms with Crippen LogP contribution in [-0.4, -0.2) is 10.5 Å². The van der Waals surface area contributed by atoms with Crippen molar-refractivity contribution >= 4 is 32.4 Å². The molecule has 0 aliphatic rings. The third-order valence-electron chi connectivity index (χ3n) is 2.19. The highest BCUT2D eigenvalue weighted by atomic mass is 79.9. The molecule has 1 aromatic heterocycles. The van der Waals surface area contributed by atoms with E-state index in [-0.39, 0.29) is 11.4 Å². The summed E-state index contributed by atoms with van der Waals surface area (Å²) in [5, 5.41) is 5.94. The quantitative estimate of drug-likeness (QED) is 0.846. The van der Waals surface area contributed by atoms with Crippen LogP contribution < -0.4 is 5.32 Å². The van der Waals surface area contributed by atoms with Crippen LogP contribution in [0, 0.1) is 5.82 Å². The first kappa shape index (κ1) is 13.5. The molecule has 0 aliphatic heterocycles. The summed E-state index contributed by atoms with van der Waals surface area (Å²) < 4.78 is 14.6. The van der Waals surface area contributed by atoms with E-state index in [9.17, 15) is 4.39 Å². The molecule has 0 spiro atoms. The Morgan fingerprint density at radius 1 is 1.33 bits per heavy atom. The van der Waals surface area contributed by atoms with Gasteiger partial charge in [-0.05, 0) is 39.0 Å². The smallest absolute Gasteiger partial charge is 0.183 e. The lowest BCUT2D eigenvalue weighted by atomic mass is 10.1. The second-order valence-corrected chi connectivity index (χ2v) is 6.81. The molecule has 0 saturated heterocycles. The number of anilines is 1. The van der Waals surface area contributed by atoms with E-state index >= 15 is 0 Å². The van der Waals surface area contributed by atoms with Gasteiger partial charge in [0.15, 0.2) is 5.13 Å². The van der Waals surface area contributed by atoms with Gasteiger partial charge in [0.2, 0.25) is 0 Å². The molecule has 0 aliphatic carbocycles. The first-order chi connectivity index (χ1) is 8.35. The molecule has 0 bridgehead atoms. The minimum Gasteiger partial charge on any atom is -0.357 e. The summed E-state index contributed by atoms with van der Waals surface area (Å²) in [6.07, 6.45) is 0. The zero-order chi connectivity index (χ0) is 13.3. The molecule has 0 atom stereocenters. The number of aromatic nitrogens is 1. The maximum Gasteiger partial charge on any atom is 0.183 e. The molecule has 1 aromatic carbocycles. The SMILES string of the molecule is CC(C)(C)Nc1nc(-c2cc(Br)ccc2F)cs1. The van der Waals surface area contributed by atoms with Crippen LogP contribution in [0.1, 0.15) is 20.8 Å². The third kappa shape index (κ3) is 3.29. The molecule has 96 valence electrons. The standard InChI is InChI=1S/C13H14BrFN2S/c1-13(2,3)17-12-16-11(7-18-12)9-6-8(14)4-5-10(9)15/h4-7H,1-3H3,(H,16,17). The fourth-order valence-electron chi connectivity index (χ4n) is 1.47. The molecule has 0 radical (unpaired) electrons. The number of nitrogens with one attached hydrogen (secondary N) is 1. The van der Waals surface area contributed by atoms with Gasteiger partial charge in [-0.1, -0.05) is 15.9 Å². The summed E-state index contributed by atoms with van der Waals surface area (Å²) in [5.41, 5.74) is 1.12. The van der Waals surface area contributed by atoms with E-state index in [4.69, 9.17) is 0 Å². The highest BCUT2D eigenvalue weighted by Crippen LogP contribution is 2.30. The van der Waals surface area contributed by atoms with Gasteiger partial charge in [0.05, 0.1) is 5.69 Å². The fourth-order valence-corrected chi connectivity index (χ4v) is 2.75. The number of hydrogen-bond acceptors (Lipinski definition) is 3. The van der Waals surface area contributed by atoms with Gasteiger partial charge in [-0.15, -0.1) is 11.3 Å². The predicted molar refractivity (Wildman–Crippen MR) is 78.6 cm³/mol. The summed E-state index contributed by atoms with van der Waals surface area (Å²) in [7, 11) is 0. The largest absolute Gasteiger partial charge is 0.357 e. The fraction of sp³-hybridized carbons (Fsp3) is 0.308. The van der Waals surface area contributed by atoms with E-state index in [1.807, 2.05) is 5.38 Å². The Balaban J connectivity index is 2.32. The molecular weight excluding hydrogens is 315 g/mol. The molecule has 1 heterocycles. The highest BCUT2D eigenvalue weighted by Gasteiger charge is 2.14. The van der Waals surface area contributed by atoms with Crippen molar-refractivity contribution < 1.29 is 4.39 Å². The predicted octanol–water partition coefficient (Wildman–Crippen LogP) is 4.92. The third-order valence-corrected chi connectivity index (χ3v) is 3.44. The molecule has 0 saturated carbocycles. The lowest BCUT2D eigenvalue weighted by Gasteiger charge is -2.19. The number of hydrogen-bond donors (Lipinski definition) is 1. The van der Waals surface area contributed by atoms with Crippen LogP contribution in [0.15, 0.2) is 28.1 Å². The zero-order valence-corrected chi connectivity index (χ0v) is 12.8. The summed E-state index contributed by atoms with van der Waals surface area (Å²) in [4.78, 5) is 4.41. The number of halogens is 2. The Morgan fingerprint density at radius 2 is 2.06 bits per heavy atom. The summed E-state index contributed by atoms with van der Waals surface area (Å²) in [5.74, 6) is -0.259. The molecule has 2 aromatic rings. The Bertz CT molecular complexity index is 560. The minimum atomic E-state index is -0.259. The van der Waals surface area contributed by atoms with Gasteiger partial charge in [-0.2, -0.15) is 0 Å². The van der Waals surface area contributed by atoms with Gasteiger partial charge < -0.3 is 5.32 Å². The molecule has 5 heteroatoms. The van der Waals surface area contributed by atoms with Gasteiger partial charge >= 0.3 is 0 Å². The van der Waals surface area contributed by atoms with Crippen molar-refractivity contribution in [3.63, 3.8) is 0 Å². The number of thiazole rings is 1. The second-order valence-electron chi connectivity index (χ2n) is 5.04. The van der Waals surface area contributed by atoms with Crippen LogP contribution in [0.4, 0.5) is 9.52 Å². The van der Waals surface area contributed by atoms with Gasteiger partial charge in [-0.3, -0.25) is 0 Å². The summed E-state index contributed by atoms with van der Waals surface area (Å²) in [6, 6.07) is 4.86. The van der Waals surface area contributed by atoms with E-state index < -0.39 is 0 Å². The second kappa shape index (κ2) is 4.97. The van der Waals surface area contributed by atoms with Crippen LogP contribution in [-0.2, 0) is 0 Å². The van der Waals surface area contributed by atoms with Gasteiger partial charge in [0, 0.05) is 21.0 Å². The average molecular weight is 329 g/mol. The van der Waals surface area contributed by atoms with Crippen molar-refractivity contribution in [3.8, 4) is 11.3 Å². The lowest BCUT2D eigenvalue weighted by Crippen LogP contribution is -2.25. The van der Waals surface area contributed by atoms with Crippen molar-refractivity contribution in [3.05, 3.63) is 33.9 Å². The van der Waals surface area contributed by atoms with Gasteiger partial charge in [-0.25, -0.2) is 9.37 Å². The van der Waals surface area contributed by atoms with Gasteiger partial charge in [0.25, 0.3) is 0 Å². The van der Waals surface area contributed by atoms with Crippen molar-refractivity contribution in [1.82, 2.24) is 4.98 Å². The maximum atomic E-state index is 13.7. The van der Waals surface area contributed by atoms with Gasteiger partial charge in [0.1, 0.15) is 5.82 Å². The van der Waals surface area contributed by atoms with Crippen LogP contribution >= 0.6 is 27.3 Å². The Hall–Kier alpha value is -0.940. The molecule has 0 amide bonds. The summed E-state index contributed by atoms with van der Waals surface area (Å²) >= 11 is 4.82. The summed E-state index contributed by atoms with van der Waals surface area (Å²) in [6.45, 7) is 6.19. The first-order valence-corrected chi connectivity index (χ1v) is 7.21. The van der Waals surface area contributed by atoms with E-state index in [2.05, 4.69) is 47.0 Å². The van der Waals surface area contributed by atoms with Crippen molar-refractivity contribution in [2.24, 2.45) is 0 Å². The zero-order valence-electron chi connectivity index (χ0n) is 10.4. The van der Waals surface area contributed by atoms with Crippen molar-refractivity contribution in [1.29, 1.82) is 0 Å². The topological polar surface area (TPSA) is 24.9 Å². The van der Waals surface area contributed by atoms with Crippen LogP contribution in [0.2, 0.25) is 0 Å². The molecule has 2 rings (SSSR count). The number of benzene rings is 1. The molecule has 0 fully saturated rings. The Kier molecular flexibility index (Phi) is 3.73. The normalized spacial score (nSPS) is 11.6. The molecule has 0 unspecified atom stereocenters. The van der Waals surface area contributed by atoms with E-state index in [0.29, 0.717) is 11.3 Å². The van der Waals surface area contributed by atoms with Crippen LogP contribution in [0.5, 0.6) is 0 Å². The first-order valence-electron chi connectivity index (χ1n) is 5.54. The van der Waals surface area contributed by atoms with Crippen LogP contribution in [0.3, 0.4) is 0 Å². The van der Waals surface area contributed by atoms with E-state index in [1.54, 1.807) is 12.1 Å². The van der Waals surface area contributed by atoms with Crippen molar-refractivity contribution in [2.45, 2.75) is 26.3 Å². The van der Waals surface area contributed by atoms with E-state index in [0.717, 1.165) is 9.60 Å². The highest BCUT2D eigenvalue weighted by molar-refractivity contribution is 9.10. The Morgan fingerprint density at radius 3 is 2.72 bits per heavy atom. The number of nitrogens with zero attached hydrogens (tertiary/aromatic N) is 1. The lowest BCUT2D eigenvalue weighted by molar-refractivity contribution is 0.629. The molecular formula is C13H14BrFN2S. The van der Waals surface area contributed by atoms with Crippen molar-refractivity contribution in [2.75, 3.05) is 5.32 Å². The Labute approximate surface area is 118 Å². The average Bonchev–Trinajstić information content (AvgIpc) is 2.67. The van der Waals surface area contributed by atoms with Crippen LogP contribution in [0.25, 0.3) is 11.3 Å². The maximum absolute atomic E-state index is 13.7. The molecule has 2 nitrogen and oxygen atoms in total.